The van der Waals surface area contributed by atoms with Crippen molar-refractivity contribution in [3.63, 3.8) is 0 Å². The minimum Gasteiger partial charge on any atom is -0.382 e. The molecule has 0 spiro atoms. The quantitative estimate of drug-likeness (QED) is 0.508. The van der Waals surface area contributed by atoms with Crippen LogP contribution < -0.4 is 0 Å². The molecule has 0 bridgehead atoms. The first kappa shape index (κ1) is 11.2. The van der Waals surface area contributed by atoms with Crippen molar-refractivity contribution < 1.29 is 23.6 Å². The summed E-state index contributed by atoms with van der Waals surface area (Å²) in [6.07, 6.45) is 2.12. The van der Waals surface area contributed by atoms with Crippen molar-refractivity contribution in [1.29, 1.82) is 0 Å². The van der Waals surface area contributed by atoms with Crippen molar-refractivity contribution >= 4 is 15.7 Å². The Labute approximate surface area is 78.1 Å². The summed E-state index contributed by atoms with van der Waals surface area (Å²) in [6, 6.07) is -0.334. The van der Waals surface area contributed by atoms with E-state index in [0.29, 0.717) is 0 Å². The third-order valence-corrected chi connectivity index (χ3v) is 2.30. The SMILES string of the molecule is [B]C1CCCC(COP(=O)(O)O)O1. The second-order valence-electron chi connectivity index (χ2n) is 3.01. The van der Waals surface area contributed by atoms with Crippen molar-refractivity contribution in [2.24, 2.45) is 0 Å². The Hall–Kier alpha value is 0.135. The Morgan fingerprint density at radius 2 is 2.23 bits per heavy atom. The van der Waals surface area contributed by atoms with Crippen LogP contribution in [0.15, 0.2) is 0 Å². The molecule has 1 fully saturated rings. The topological polar surface area (TPSA) is 76.0 Å². The third kappa shape index (κ3) is 4.79. The number of phosphoric ester groups is 1. The summed E-state index contributed by atoms with van der Waals surface area (Å²) in [5.41, 5.74) is 0. The predicted molar refractivity (Wildman–Crippen MR) is 46.3 cm³/mol. The molecule has 1 rings (SSSR count). The van der Waals surface area contributed by atoms with Crippen LogP contribution >= 0.6 is 7.82 Å². The zero-order valence-electron chi connectivity index (χ0n) is 7.13. The minimum atomic E-state index is -4.37. The molecule has 1 aliphatic heterocycles. The van der Waals surface area contributed by atoms with E-state index in [1.807, 2.05) is 0 Å². The average molecular weight is 206 g/mol. The van der Waals surface area contributed by atoms with Gasteiger partial charge in [0.15, 0.2) is 0 Å². The van der Waals surface area contributed by atoms with Crippen LogP contribution in [0.25, 0.3) is 0 Å². The lowest BCUT2D eigenvalue weighted by atomic mass is 9.91. The van der Waals surface area contributed by atoms with E-state index in [2.05, 4.69) is 4.52 Å². The zero-order valence-corrected chi connectivity index (χ0v) is 8.02. The molecule has 7 heteroatoms. The molecule has 2 atom stereocenters. The summed E-state index contributed by atoms with van der Waals surface area (Å²) in [6.45, 7) is -0.0992. The van der Waals surface area contributed by atoms with Crippen LogP contribution in [0.5, 0.6) is 0 Å². The maximum atomic E-state index is 10.3. The first-order chi connectivity index (χ1) is 5.97. The van der Waals surface area contributed by atoms with Crippen LogP contribution in [0.2, 0.25) is 0 Å². The molecule has 0 aliphatic carbocycles. The summed E-state index contributed by atoms with van der Waals surface area (Å²) in [5.74, 6) is 0. The Kier molecular flexibility index (Phi) is 3.95. The van der Waals surface area contributed by atoms with Gasteiger partial charge >= 0.3 is 7.82 Å². The van der Waals surface area contributed by atoms with Gasteiger partial charge < -0.3 is 14.5 Å². The largest absolute Gasteiger partial charge is 0.469 e. The number of rotatable bonds is 3. The van der Waals surface area contributed by atoms with Crippen molar-refractivity contribution in [2.45, 2.75) is 31.4 Å². The molecule has 1 heterocycles. The number of phosphoric acid groups is 1. The molecule has 1 aliphatic rings. The molecule has 0 aromatic heterocycles. The summed E-state index contributed by atoms with van der Waals surface area (Å²) in [4.78, 5) is 16.8. The normalized spacial score (nSPS) is 30.3. The van der Waals surface area contributed by atoms with Crippen molar-refractivity contribution in [3.8, 4) is 0 Å². The maximum Gasteiger partial charge on any atom is 0.469 e. The first-order valence-electron chi connectivity index (χ1n) is 4.08. The Morgan fingerprint density at radius 3 is 2.77 bits per heavy atom. The van der Waals surface area contributed by atoms with Crippen molar-refractivity contribution in [1.82, 2.24) is 0 Å². The van der Waals surface area contributed by atoms with Gasteiger partial charge in [0.05, 0.1) is 12.7 Å². The van der Waals surface area contributed by atoms with Crippen molar-refractivity contribution in [2.75, 3.05) is 6.61 Å². The fourth-order valence-electron chi connectivity index (χ4n) is 1.23. The Morgan fingerprint density at radius 1 is 1.54 bits per heavy atom. The van der Waals surface area contributed by atoms with Crippen LogP contribution in [0, 0.1) is 0 Å². The number of ether oxygens (including phenoxy) is 1. The van der Waals surface area contributed by atoms with Gasteiger partial charge in [0, 0.05) is 6.00 Å². The van der Waals surface area contributed by atoms with E-state index in [0.717, 1.165) is 19.3 Å². The van der Waals surface area contributed by atoms with Gasteiger partial charge in [0.2, 0.25) is 0 Å². The van der Waals surface area contributed by atoms with Crippen LogP contribution in [0.3, 0.4) is 0 Å². The molecule has 1 saturated heterocycles. The van der Waals surface area contributed by atoms with E-state index < -0.39 is 7.82 Å². The molecule has 0 aromatic rings. The van der Waals surface area contributed by atoms with E-state index in [4.69, 9.17) is 22.4 Å². The standard InChI is InChI=1S/C6H12BO5P/c7-6-3-1-2-5(12-6)4-11-13(8,9)10/h5-6H,1-4H2,(H2,8,9,10). The molecular formula is C6H12BO5P. The molecule has 2 radical (unpaired) electrons. The highest BCUT2D eigenvalue weighted by Crippen LogP contribution is 2.36. The summed E-state index contributed by atoms with van der Waals surface area (Å²) < 4.78 is 19.8. The van der Waals surface area contributed by atoms with E-state index in [1.165, 1.54) is 0 Å². The Bertz CT molecular complexity index is 205. The summed E-state index contributed by atoms with van der Waals surface area (Å²) >= 11 is 0. The van der Waals surface area contributed by atoms with E-state index in [9.17, 15) is 4.57 Å². The Balaban J connectivity index is 2.25. The highest BCUT2D eigenvalue weighted by atomic mass is 31.2. The lowest BCUT2D eigenvalue weighted by Crippen LogP contribution is -2.30. The smallest absolute Gasteiger partial charge is 0.382 e. The molecular weight excluding hydrogens is 194 g/mol. The number of hydrogen-bond donors (Lipinski definition) is 2. The fraction of sp³-hybridized carbons (Fsp3) is 1.00. The second kappa shape index (κ2) is 4.57. The van der Waals surface area contributed by atoms with Crippen LogP contribution in [0.4, 0.5) is 0 Å². The highest BCUT2D eigenvalue weighted by molar-refractivity contribution is 7.46. The van der Waals surface area contributed by atoms with Gasteiger partial charge in [-0.05, 0) is 19.3 Å². The van der Waals surface area contributed by atoms with Crippen LogP contribution in [-0.4, -0.2) is 36.3 Å². The van der Waals surface area contributed by atoms with Gasteiger partial charge in [-0.15, -0.1) is 0 Å². The van der Waals surface area contributed by atoms with Gasteiger partial charge in [0.1, 0.15) is 7.85 Å². The molecule has 0 amide bonds. The third-order valence-electron chi connectivity index (χ3n) is 1.81. The molecule has 0 aromatic carbocycles. The summed E-state index contributed by atoms with van der Waals surface area (Å²) in [7, 11) is 1.12. The molecule has 5 nitrogen and oxygen atoms in total. The molecule has 0 saturated carbocycles. The maximum absolute atomic E-state index is 10.3. The highest BCUT2D eigenvalue weighted by Gasteiger charge is 2.22. The van der Waals surface area contributed by atoms with Crippen LogP contribution in [-0.2, 0) is 13.8 Å². The monoisotopic (exact) mass is 206 g/mol. The molecule has 13 heavy (non-hydrogen) atoms. The summed E-state index contributed by atoms with van der Waals surface area (Å²) in [5, 5.41) is 0. The van der Waals surface area contributed by atoms with Gasteiger partial charge in [-0.25, -0.2) is 4.57 Å². The van der Waals surface area contributed by atoms with Crippen LogP contribution in [0.1, 0.15) is 19.3 Å². The fourth-order valence-corrected chi connectivity index (χ4v) is 1.59. The first-order valence-corrected chi connectivity index (χ1v) is 5.61. The van der Waals surface area contributed by atoms with E-state index in [-0.39, 0.29) is 18.7 Å². The lowest BCUT2D eigenvalue weighted by Gasteiger charge is -2.27. The van der Waals surface area contributed by atoms with Gasteiger partial charge in [-0.3, -0.25) is 4.52 Å². The van der Waals surface area contributed by atoms with Gasteiger partial charge in [-0.1, -0.05) is 0 Å². The molecule has 74 valence electrons. The minimum absolute atomic E-state index is 0.0992. The molecule has 2 unspecified atom stereocenters. The lowest BCUT2D eigenvalue weighted by molar-refractivity contribution is -0.0363. The van der Waals surface area contributed by atoms with E-state index in [1.54, 1.807) is 0 Å². The zero-order chi connectivity index (χ0) is 9.90. The second-order valence-corrected chi connectivity index (χ2v) is 4.25. The predicted octanol–water partition coefficient (Wildman–Crippen LogP) is 0.159. The molecule has 2 N–H and O–H groups in total. The average Bonchev–Trinajstić information content (AvgIpc) is 2.00. The van der Waals surface area contributed by atoms with E-state index >= 15 is 0 Å². The van der Waals surface area contributed by atoms with Gasteiger partial charge in [0.25, 0.3) is 0 Å². The van der Waals surface area contributed by atoms with Crippen molar-refractivity contribution in [3.05, 3.63) is 0 Å². The number of hydrogen-bond acceptors (Lipinski definition) is 3. The van der Waals surface area contributed by atoms with Gasteiger partial charge in [-0.2, -0.15) is 0 Å².